The predicted molar refractivity (Wildman–Crippen MR) is 63.4 cm³/mol. The number of anilines is 1. The van der Waals surface area contributed by atoms with Crippen molar-refractivity contribution in [3.8, 4) is 0 Å². The van der Waals surface area contributed by atoms with Crippen LogP contribution in [0.25, 0.3) is 0 Å². The second-order valence-corrected chi connectivity index (χ2v) is 5.07. The number of rotatable bonds is 2. The molecule has 2 fully saturated rings. The van der Waals surface area contributed by atoms with Crippen molar-refractivity contribution < 1.29 is 0 Å². The highest BCUT2D eigenvalue weighted by Gasteiger charge is 2.33. The highest BCUT2D eigenvalue weighted by atomic mass is 15.2. The first-order chi connectivity index (χ1) is 7.79. The molecule has 2 aliphatic heterocycles. The van der Waals surface area contributed by atoms with E-state index in [9.17, 15) is 0 Å². The van der Waals surface area contributed by atoms with Crippen LogP contribution in [-0.2, 0) is 0 Å². The lowest BCUT2D eigenvalue weighted by atomic mass is 10.00. The van der Waals surface area contributed by atoms with E-state index in [1.807, 2.05) is 6.92 Å². The molecule has 4 nitrogen and oxygen atoms in total. The maximum absolute atomic E-state index is 4.12. The molecule has 0 spiro atoms. The summed E-state index contributed by atoms with van der Waals surface area (Å²) in [7, 11) is 0. The van der Waals surface area contributed by atoms with Crippen LogP contribution in [0.15, 0.2) is 12.3 Å². The van der Waals surface area contributed by atoms with Crippen molar-refractivity contribution in [3.63, 3.8) is 0 Å². The zero-order valence-corrected chi connectivity index (χ0v) is 9.61. The fourth-order valence-electron chi connectivity index (χ4n) is 2.92. The summed E-state index contributed by atoms with van der Waals surface area (Å²) >= 11 is 0. The van der Waals surface area contributed by atoms with Crippen LogP contribution in [0.5, 0.6) is 0 Å². The van der Waals surface area contributed by atoms with Gasteiger partial charge in [-0.2, -0.15) is 5.10 Å². The van der Waals surface area contributed by atoms with Crippen molar-refractivity contribution in [2.45, 2.75) is 50.7 Å². The zero-order chi connectivity index (χ0) is 11.0. The molecule has 2 aliphatic rings. The second-order valence-electron chi connectivity index (χ2n) is 5.07. The van der Waals surface area contributed by atoms with Crippen LogP contribution in [0.4, 0.5) is 5.82 Å². The largest absolute Gasteiger partial charge is 0.366 e. The highest BCUT2D eigenvalue weighted by Crippen LogP contribution is 2.28. The van der Waals surface area contributed by atoms with E-state index in [1.54, 1.807) is 6.20 Å². The SMILES string of the molecule is Cc1cnnc(NC2CC3CCC(C2)N3)c1. The van der Waals surface area contributed by atoms with Crippen LogP contribution in [0.1, 0.15) is 31.2 Å². The number of nitrogens with one attached hydrogen (secondary N) is 2. The first-order valence-corrected chi connectivity index (χ1v) is 6.11. The Labute approximate surface area is 95.8 Å². The summed E-state index contributed by atoms with van der Waals surface area (Å²) in [6.45, 7) is 2.05. The monoisotopic (exact) mass is 218 g/mol. The zero-order valence-electron chi connectivity index (χ0n) is 9.61. The molecule has 2 unspecified atom stereocenters. The van der Waals surface area contributed by atoms with Crippen molar-refractivity contribution >= 4 is 5.82 Å². The van der Waals surface area contributed by atoms with Crippen LogP contribution < -0.4 is 10.6 Å². The van der Waals surface area contributed by atoms with E-state index in [2.05, 4.69) is 26.9 Å². The van der Waals surface area contributed by atoms with E-state index < -0.39 is 0 Å². The number of piperidine rings is 1. The maximum atomic E-state index is 4.12. The van der Waals surface area contributed by atoms with E-state index >= 15 is 0 Å². The molecule has 1 aromatic heterocycles. The Balaban J connectivity index is 1.67. The Morgan fingerprint density at radius 3 is 2.75 bits per heavy atom. The normalized spacial score (nSPS) is 32.7. The van der Waals surface area contributed by atoms with Gasteiger partial charge in [0.15, 0.2) is 0 Å². The first kappa shape index (κ1) is 10.0. The first-order valence-electron chi connectivity index (χ1n) is 6.11. The Hall–Kier alpha value is -1.16. The van der Waals surface area contributed by atoms with Gasteiger partial charge in [-0.05, 0) is 44.2 Å². The minimum atomic E-state index is 0.565. The molecular formula is C12H18N4. The molecule has 2 saturated heterocycles. The summed E-state index contributed by atoms with van der Waals surface area (Å²) < 4.78 is 0. The van der Waals surface area contributed by atoms with Crippen LogP contribution >= 0.6 is 0 Å². The van der Waals surface area contributed by atoms with Crippen molar-refractivity contribution in [1.29, 1.82) is 0 Å². The molecule has 0 aromatic carbocycles. The molecule has 0 saturated carbocycles. The summed E-state index contributed by atoms with van der Waals surface area (Å²) in [5, 5.41) is 15.2. The smallest absolute Gasteiger partial charge is 0.149 e. The lowest BCUT2D eigenvalue weighted by Gasteiger charge is -2.29. The molecule has 86 valence electrons. The third-order valence-corrected chi connectivity index (χ3v) is 3.62. The number of hydrogen-bond acceptors (Lipinski definition) is 4. The molecule has 0 aliphatic carbocycles. The van der Waals surface area contributed by atoms with E-state index in [0.717, 1.165) is 11.4 Å². The number of aromatic nitrogens is 2. The summed E-state index contributed by atoms with van der Waals surface area (Å²) in [5.41, 5.74) is 1.16. The third-order valence-electron chi connectivity index (χ3n) is 3.62. The minimum Gasteiger partial charge on any atom is -0.366 e. The highest BCUT2D eigenvalue weighted by molar-refractivity contribution is 5.36. The molecule has 3 rings (SSSR count). The van der Waals surface area contributed by atoms with Gasteiger partial charge in [-0.3, -0.25) is 0 Å². The molecule has 2 bridgehead atoms. The molecule has 2 N–H and O–H groups in total. The Kier molecular flexibility index (Phi) is 2.52. The van der Waals surface area contributed by atoms with E-state index in [4.69, 9.17) is 0 Å². The van der Waals surface area contributed by atoms with Crippen LogP contribution in [0, 0.1) is 6.92 Å². The average molecular weight is 218 g/mol. The summed E-state index contributed by atoms with van der Waals surface area (Å²) in [6, 6.07) is 4.06. The van der Waals surface area contributed by atoms with Gasteiger partial charge in [0.25, 0.3) is 0 Å². The van der Waals surface area contributed by atoms with Gasteiger partial charge >= 0.3 is 0 Å². The molecule has 1 aromatic rings. The van der Waals surface area contributed by atoms with Crippen molar-refractivity contribution in [3.05, 3.63) is 17.8 Å². The van der Waals surface area contributed by atoms with Crippen LogP contribution in [0.3, 0.4) is 0 Å². The lowest BCUT2D eigenvalue weighted by molar-refractivity contribution is 0.377. The van der Waals surface area contributed by atoms with Gasteiger partial charge in [0, 0.05) is 18.1 Å². The average Bonchev–Trinajstić information content (AvgIpc) is 2.58. The molecule has 0 amide bonds. The van der Waals surface area contributed by atoms with Gasteiger partial charge in [-0.15, -0.1) is 5.10 Å². The summed E-state index contributed by atoms with van der Waals surface area (Å²) in [4.78, 5) is 0. The minimum absolute atomic E-state index is 0.565. The Bertz CT molecular complexity index is 367. The van der Waals surface area contributed by atoms with Gasteiger partial charge in [-0.1, -0.05) is 0 Å². The van der Waals surface area contributed by atoms with E-state index in [0.29, 0.717) is 18.1 Å². The van der Waals surface area contributed by atoms with Gasteiger partial charge in [0.1, 0.15) is 5.82 Å². The second kappa shape index (κ2) is 4.01. The summed E-state index contributed by atoms with van der Waals surface area (Å²) in [6.07, 6.45) is 6.89. The molecule has 4 heteroatoms. The summed E-state index contributed by atoms with van der Waals surface area (Å²) in [5.74, 6) is 0.923. The van der Waals surface area contributed by atoms with Gasteiger partial charge in [-0.25, -0.2) is 0 Å². The molecule has 3 heterocycles. The Morgan fingerprint density at radius 2 is 2.06 bits per heavy atom. The van der Waals surface area contributed by atoms with Gasteiger partial charge in [0.2, 0.25) is 0 Å². The maximum Gasteiger partial charge on any atom is 0.149 e. The van der Waals surface area contributed by atoms with Crippen molar-refractivity contribution in [2.75, 3.05) is 5.32 Å². The topological polar surface area (TPSA) is 49.8 Å². The predicted octanol–water partition coefficient (Wildman–Crippen LogP) is 1.48. The lowest BCUT2D eigenvalue weighted by Crippen LogP contribution is -2.43. The Morgan fingerprint density at radius 1 is 1.31 bits per heavy atom. The molecule has 0 radical (unpaired) electrons. The fraction of sp³-hybridized carbons (Fsp3) is 0.667. The number of fused-ring (bicyclic) bond motifs is 2. The van der Waals surface area contributed by atoms with Crippen LogP contribution in [0.2, 0.25) is 0 Å². The third kappa shape index (κ3) is 2.02. The molecule has 16 heavy (non-hydrogen) atoms. The standard InChI is InChI=1S/C12H18N4/c1-8-4-12(16-13-7-8)15-11-5-9-2-3-10(6-11)14-9/h4,7,9-11,14H,2-3,5-6H2,1H3,(H,15,16). The van der Waals surface area contributed by atoms with Crippen molar-refractivity contribution in [2.24, 2.45) is 0 Å². The quantitative estimate of drug-likeness (QED) is 0.789. The van der Waals surface area contributed by atoms with E-state index in [1.165, 1.54) is 25.7 Å². The molecular weight excluding hydrogens is 200 g/mol. The number of aryl methyl sites for hydroxylation is 1. The van der Waals surface area contributed by atoms with Gasteiger partial charge in [0.05, 0.1) is 6.20 Å². The van der Waals surface area contributed by atoms with Gasteiger partial charge < -0.3 is 10.6 Å². The molecule has 2 atom stereocenters. The fourth-order valence-corrected chi connectivity index (χ4v) is 2.92. The number of nitrogens with zero attached hydrogens (tertiary/aromatic N) is 2. The van der Waals surface area contributed by atoms with E-state index in [-0.39, 0.29) is 0 Å². The number of hydrogen-bond donors (Lipinski definition) is 2. The van der Waals surface area contributed by atoms with Crippen molar-refractivity contribution in [1.82, 2.24) is 15.5 Å². The van der Waals surface area contributed by atoms with Crippen LogP contribution in [-0.4, -0.2) is 28.3 Å².